The first-order chi connectivity index (χ1) is 11.4. The summed E-state index contributed by atoms with van der Waals surface area (Å²) in [5, 5.41) is 18.6. The van der Waals surface area contributed by atoms with E-state index in [-0.39, 0.29) is 23.6 Å². The minimum atomic E-state index is -0.686. The molecule has 0 bridgehead atoms. The normalized spacial score (nSPS) is 17.0. The largest absolute Gasteiger partial charge is 0.463 e. The molecule has 6 heteroatoms. The Morgan fingerprint density at radius 3 is 2.58 bits per heavy atom. The highest BCUT2D eigenvalue weighted by Crippen LogP contribution is 2.39. The van der Waals surface area contributed by atoms with Crippen molar-refractivity contribution in [1.29, 1.82) is 10.5 Å². The molecular formula is C18H17N3O3. The summed E-state index contributed by atoms with van der Waals surface area (Å²) in [4.78, 5) is 12.4. The number of aryl methyl sites for hydroxylation is 1. The van der Waals surface area contributed by atoms with Crippen LogP contribution in [0.2, 0.25) is 0 Å². The van der Waals surface area contributed by atoms with E-state index in [1.54, 1.807) is 39.0 Å². The third kappa shape index (κ3) is 2.95. The van der Waals surface area contributed by atoms with Crippen LogP contribution in [0.5, 0.6) is 0 Å². The van der Waals surface area contributed by atoms with Gasteiger partial charge in [0.25, 0.3) is 0 Å². The van der Waals surface area contributed by atoms with Gasteiger partial charge < -0.3 is 15.2 Å². The van der Waals surface area contributed by atoms with E-state index in [0.29, 0.717) is 16.9 Å². The molecule has 122 valence electrons. The summed E-state index contributed by atoms with van der Waals surface area (Å²) in [6.07, 6.45) is 0. The molecule has 1 aliphatic heterocycles. The molecule has 6 nitrogen and oxygen atoms in total. The number of rotatable bonds is 3. The molecule has 0 aliphatic carbocycles. The summed E-state index contributed by atoms with van der Waals surface area (Å²) in [7, 11) is 0. The van der Waals surface area contributed by atoms with Crippen molar-refractivity contribution < 1.29 is 14.3 Å². The number of carbonyl (C=O) groups excluding carboxylic acids is 1. The van der Waals surface area contributed by atoms with Gasteiger partial charge in [0.1, 0.15) is 17.4 Å². The third-order valence-electron chi connectivity index (χ3n) is 3.81. The Hall–Kier alpha value is -3.25. The number of benzene rings is 1. The van der Waals surface area contributed by atoms with Crippen molar-refractivity contribution in [3.05, 3.63) is 57.7 Å². The highest BCUT2D eigenvalue weighted by Gasteiger charge is 2.36. The number of allylic oxidation sites excluding steroid dienone is 2. The molecule has 1 aromatic rings. The average Bonchev–Trinajstić information content (AvgIpc) is 2.54. The van der Waals surface area contributed by atoms with E-state index in [1.165, 1.54) is 0 Å². The minimum absolute atomic E-state index is 0.0324. The first-order valence-electron chi connectivity index (χ1n) is 7.40. The van der Waals surface area contributed by atoms with Gasteiger partial charge in [-0.2, -0.15) is 10.5 Å². The SMILES string of the molecule is CCOC(=O)C1=C(C)OC(N)=C(C#N)C1c1ccc(C#N)c(C)c1. The summed E-state index contributed by atoms with van der Waals surface area (Å²) in [6, 6.07) is 9.25. The predicted molar refractivity (Wildman–Crippen MR) is 85.9 cm³/mol. The Morgan fingerprint density at radius 2 is 2.04 bits per heavy atom. The molecule has 1 aliphatic rings. The van der Waals surface area contributed by atoms with Crippen LogP contribution in [0.25, 0.3) is 0 Å². The zero-order valence-corrected chi connectivity index (χ0v) is 13.7. The van der Waals surface area contributed by atoms with E-state index in [0.717, 1.165) is 5.56 Å². The topological polar surface area (TPSA) is 109 Å². The number of ether oxygens (including phenoxy) is 2. The van der Waals surface area contributed by atoms with E-state index in [4.69, 9.17) is 20.5 Å². The van der Waals surface area contributed by atoms with Gasteiger partial charge in [0, 0.05) is 0 Å². The Bertz CT molecular complexity index is 838. The lowest BCUT2D eigenvalue weighted by Crippen LogP contribution is -2.25. The van der Waals surface area contributed by atoms with Crippen molar-refractivity contribution in [1.82, 2.24) is 0 Å². The summed E-state index contributed by atoms with van der Waals surface area (Å²) in [5.74, 6) is -0.969. The van der Waals surface area contributed by atoms with Crippen molar-refractivity contribution >= 4 is 5.97 Å². The fourth-order valence-corrected chi connectivity index (χ4v) is 2.68. The molecule has 0 spiro atoms. The average molecular weight is 323 g/mol. The second kappa shape index (κ2) is 6.89. The van der Waals surface area contributed by atoms with Crippen molar-refractivity contribution in [2.75, 3.05) is 6.61 Å². The predicted octanol–water partition coefficient (Wildman–Crippen LogP) is 2.51. The molecule has 1 unspecified atom stereocenters. The molecule has 0 amide bonds. The van der Waals surface area contributed by atoms with Crippen molar-refractivity contribution in [2.45, 2.75) is 26.7 Å². The fraction of sp³-hybridized carbons (Fsp3) is 0.278. The molecule has 2 N–H and O–H groups in total. The van der Waals surface area contributed by atoms with Crippen molar-refractivity contribution in [3.63, 3.8) is 0 Å². The second-order valence-electron chi connectivity index (χ2n) is 5.30. The number of carbonyl (C=O) groups is 1. The van der Waals surface area contributed by atoms with Gasteiger partial charge in [-0.25, -0.2) is 4.79 Å². The lowest BCUT2D eigenvalue weighted by atomic mass is 9.82. The number of hydrogen-bond acceptors (Lipinski definition) is 6. The van der Waals surface area contributed by atoms with Crippen LogP contribution in [0.1, 0.15) is 36.5 Å². The van der Waals surface area contributed by atoms with E-state index in [9.17, 15) is 10.1 Å². The third-order valence-corrected chi connectivity index (χ3v) is 3.81. The van der Waals surface area contributed by atoms with Crippen LogP contribution in [-0.2, 0) is 14.3 Å². The zero-order chi connectivity index (χ0) is 17.9. The van der Waals surface area contributed by atoms with Gasteiger partial charge in [-0.1, -0.05) is 12.1 Å². The molecule has 0 saturated heterocycles. The smallest absolute Gasteiger partial charge is 0.338 e. The standard InChI is InChI=1S/C18H17N3O3/c1-4-23-18(22)15-11(3)24-17(21)14(9-20)16(15)12-5-6-13(8-19)10(2)7-12/h5-7,16H,4,21H2,1-3H3. The second-order valence-corrected chi connectivity index (χ2v) is 5.30. The first kappa shape index (κ1) is 17.1. The number of hydrogen-bond donors (Lipinski definition) is 1. The quantitative estimate of drug-likeness (QED) is 0.856. The Kier molecular flexibility index (Phi) is 4.91. The Labute approximate surface area is 140 Å². The minimum Gasteiger partial charge on any atom is -0.463 e. The maximum atomic E-state index is 12.4. The van der Waals surface area contributed by atoms with Crippen molar-refractivity contribution in [3.8, 4) is 12.1 Å². The van der Waals surface area contributed by atoms with E-state index in [1.807, 2.05) is 6.07 Å². The maximum Gasteiger partial charge on any atom is 0.338 e. The molecule has 0 radical (unpaired) electrons. The van der Waals surface area contributed by atoms with Gasteiger partial charge in [-0.05, 0) is 38.0 Å². The number of nitriles is 2. The van der Waals surface area contributed by atoms with Gasteiger partial charge >= 0.3 is 5.97 Å². The van der Waals surface area contributed by atoms with E-state index < -0.39 is 11.9 Å². The highest BCUT2D eigenvalue weighted by molar-refractivity contribution is 5.92. The molecule has 0 fully saturated rings. The van der Waals surface area contributed by atoms with Crippen LogP contribution in [0.15, 0.2) is 41.0 Å². The van der Waals surface area contributed by atoms with Crippen LogP contribution in [0.3, 0.4) is 0 Å². The molecular weight excluding hydrogens is 306 g/mol. The van der Waals surface area contributed by atoms with Gasteiger partial charge in [-0.3, -0.25) is 0 Å². The summed E-state index contributed by atoms with van der Waals surface area (Å²) in [6.45, 7) is 5.31. The lowest BCUT2D eigenvalue weighted by Gasteiger charge is -2.27. The lowest BCUT2D eigenvalue weighted by molar-refractivity contribution is -0.139. The Balaban J connectivity index is 2.65. The summed E-state index contributed by atoms with van der Waals surface area (Å²) >= 11 is 0. The Morgan fingerprint density at radius 1 is 1.33 bits per heavy atom. The molecule has 1 aromatic carbocycles. The van der Waals surface area contributed by atoms with Crippen LogP contribution in [0, 0.1) is 29.6 Å². The fourth-order valence-electron chi connectivity index (χ4n) is 2.68. The monoisotopic (exact) mass is 323 g/mol. The number of esters is 1. The van der Waals surface area contributed by atoms with Crippen molar-refractivity contribution in [2.24, 2.45) is 5.73 Å². The molecule has 24 heavy (non-hydrogen) atoms. The molecule has 1 heterocycles. The highest BCUT2D eigenvalue weighted by atomic mass is 16.5. The van der Waals surface area contributed by atoms with E-state index >= 15 is 0 Å². The number of nitrogens with two attached hydrogens (primary N) is 1. The van der Waals surface area contributed by atoms with Gasteiger partial charge in [0.05, 0.1) is 29.7 Å². The molecule has 0 aromatic heterocycles. The van der Waals surface area contributed by atoms with Gasteiger partial charge in [0.15, 0.2) is 0 Å². The number of nitrogens with zero attached hydrogens (tertiary/aromatic N) is 2. The maximum absolute atomic E-state index is 12.4. The van der Waals surface area contributed by atoms with Crippen LogP contribution < -0.4 is 5.73 Å². The summed E-state index contributed by atoms with van der Waals surface area (Å²) in [5.41, 5.74) is 8.18. The summed E-state index contributed by atoms with van der Waals surface area (Å²) < 4.78 is 10.5. The van der Waals surface area contributed by atoms with Crippen LogP contribution in [-0.4, -0.2) is 12.6 Å². The van der Waals surface area contributed by atoms with Crippen LogP contribution >= 0.6 is 0 Å². The zero-order valence-electron chi connectivity index (χ0n) is 13.7. The molecule has 0 saturated carbocycles. The first-order valence-corrected chi connectivity index (χ1v) is 7.40. The van der Waals surface area contributed by atoms with Gasteiger partial charge in [-0.15, -0.1) is 0 Å². The molecule has 2 rings (SSSR count). The van der Waals surface area contributed by atoms with Gasteiger partial charge in [0.2, 0.25) is 5.88 Å². The van der Waals surface area contributed by atoms with E-state index in [2.05, 4.69) is 6.07 Å². The van der Waals surface area contributed by atoms with Crippen LogP contribution in [0.4, 0.5) is 0 Å². The molecule has 1 atom stereocenters.